The van der Waals surface area contributed by atoms with Crippen LogP contribution in [0.3, 0.4) is 0 Å². The first kappa shape index (κ1) is 21.4. The third-order valence-electron chi connectivity index (χ3n) is 5.35. The zero-order valence-electron chi connectivity index (χ0n) is 18.4. The highest BCUT2D eigenvalue weighted by molar-refractivity contribution is 5.91. The predicted molar refractivity (Wildman–Crippen MR) is 120 cm³/mol. The van der Waals surface area contributed by atoms with Gasteiger partial charge in [0.05, 0.1) is 12.8 Å². The molecule has 0 unspecified atom stereocenters. The van der Waals surface area contributed by atoms with Gasteiger partial charge in [0, 0.05) is 45.8 Å². The molecule has 0 atom stereocenters. The van der Waals surface area contributed by atoms with Gasteiger partial charge in [0.1, 0.15) is 5.75 Å². The summed E-state index contributed by atoms with van der Waals surface area (Å²) in [5.41, 5.74) is 1.60. The number of amides is 3. The average molecular weight is 435 g/mol. The van der Waals surface area contributed by atoms with Crippen LogP contribution in [0.1, 0.15) is 10.6 Å². The number of hydrogen-bond donors (Lipinski definition) is 0. The number of para-hydroxylation sites is 1. The van der Waals surface area contributed by atoms with Crippen molar-refractivity contribution >= 4 is 11.9 Å². The van der Waals surface area contributed by atoms with Gasteiger partial charge in [0.25, 0.3) is 5.91 Å². The molecule has 1 fully saturated rings. The Bertz CT molecular complexity index is 1100. The Balaban J connectivity index is 1.63. The molecule has 1 aliphatic heterocycles. The third kappa shape index (κ3) is 4.27. The molecule has 166 valence electrons. The minimum atomic E-state index is -0.249. The van der Waals surface area contributed by atoms with Gasteiger partial charge in [0.2, 0.25) is 5.82 Å². The molecule has 32 heavy (non-hydrogen) atoms. The number of hydrogen-bond acceptors (Lipinski definition) is 5. The number of urea groups is 1. The first-order valence-corrected chi connectivity index (χ1v) is 10.4. The molecular formula is C23H26N6O3. The summed E-state index contributed by atoms with van der Waals surface area (Å²) in [6.45, 7) is 1.83. The van der Waals surface area contributed by atoms with E-state index in [2.05, 4.69) is 10.1 Å². The van der Waals surface area contributed by atoms with Crippen molar-refractivity contribution < 1.29 is 14.3 Å². The van der Waals surface area contributed by atoms with Crippen LogP contribution in [-0.2, 0) is 0 Å². The largest absolute Gasteiger partial charge is 0.497 e. The van der Waals surface area contributed by atoms with Gasteiger partial charge < -0.3 is 19.4 Å². The lowest BCUT2D eigenvalue weighted by molar-refractivity contribution is 0.0638. The lowest BCUT2D eigenvalue weighted by atomic mass is 10.2. The molecule has 3 aromatic rings. The second-order valence-electron chi connectivity index (χ2n) is 7.69. The zero-order chi connectivity index (χ0) is 22.7. The average Bonchev–Trinajstić information content (AvgIpc) is 3.29. The maximum Gasteiger partial charge on any atom is 0.319 e. The summed E-state index contributed by atoms with van der Waals surface area (Å²) in [5, 5.41) is 4.55. The highest BCUT2D eigenvalue weighted by Gasteiger charge is 2.28. The Morgan fingerprint density at radius 2 is 1.62 bits per heavy atom. The van der Waals surface area contributed by atoms with E-state index in [4.69, 9.17) is 4.74 Å². The maximum absolute atomic E-state index is 13.2. The molecule has 9 heteroatoms. The molecule has 0 radical (unpaired) electrons. The first-order chi connectivity index (χ1) is 15.5. The molecule has 2 aromatic carbocycles. The van der Waals surface area contributed by atoms with Gasteiger partial charge in [-0.25, -0.2) is 14.5 Å². The Morgan fingerprint density at radius 1 is 0.938 bits per heavy atom. The van der Waals surface area contributed by atoms with E-state index in [0.29, 0.717) is 37.8 Å². The standard InChI is InChI=1S/C23H26N6O3/c1-26(2)23(31)28-14-12-27(13-15-28)22(30)20-24-21(17-8-7-11-19(16-17)32-3)29(25-20)18-9-5-4-6-10-18/h4-11,16H,12-15H2,1-3H3. The summed E-state index contributed by atoms with van der Waals surface area (Å²) in [6, 6.07) is 17.0. The number of carbonyl (C=O) groups is 2. The topological polar surface area (TPSA) is 83.8 Å². The number of methoxy groups -OCH3 is 1. The number of benzene rings is 2. The van der Waals surface area contributed by atoms with E-state index in [1.54, 1.807) is 40.6 Å². The molecule has 1 aromatic heterocycles. The second-order valence-corrected chi connectivity index (χ2v) is 7.69. The minimum Gasteiger partial charge on any atom is -0.497 e. The van der Waals surface area contributed by atoms with Gasteiger partial charge in [-0.3, -0.25) is 4.79 Å². The predicted octanol–water partition coefficient (Wildman–Crippen LogP) is 2.38. The molecule has 2 heterocycles. The Labute approximate surface area is 186 Å². The van der Waals surface area contributed by atoms with Crippen LogP contribution in [0.25, 0.3) is 17.1 Å². The monoisotopic (exact) mass is 434 g/mol. The summed E-state index contributed by atoms with van der Waals surface area (Å²) in [4.78, 5) is 35.0. The van der Waals surface area contributed by atoms with E-state index in [1.807, 2.05) is 54.6 Å². The summed E-state index contributed by atoms with van der Waals surface area (Å²) >= 11 is 0. The summed E-state index contributed by atoms with van der Waals surface area (Å²) in [5.74, 6) is 1.12. The molecule has 0 aliphatic carbocycles. The van der Waals surface area contributed by atoms with Crippen molar-refractivity contribution in [3.63, 3.8) is 0 Å². The first-order valence-electron chi connectivity index (χ1n) is 10.4. The number of rotatable bonds is 4. The van der Waals surface area contributed by atoms with E-state index in [9.17, 15) is 9.59 Å². The van der Waals surface area contributed by atoms with Crippen molar-refractivity contribution in [2.45, 2.75) is 0 Å². The van der Waals surface area contributed by atoms with E-state index in [0.717, 1.165) is 11.3 Å². The summed E-state index contributed by atoms with van der Waals surface area (Å²) < 4.78 is 7.02. The van der Waals surface area contributed by atoms with E-state index in [-0.39, 0.29) is 17.8 Å². The number of carbonyl (C=O) groups excluding carboxylic acids is 2. The van der Waals surface area contributed by atoms with Crippen molar-refractivity contribution in [2.75, 3.05) is 47.4 Å². The van der Waals surface area contributed by atoms with Crippen LogP contribution in [0.2, 0.25) is 0 Å². The van der Waals surface area contributed by atoms with Crippen molar-refractivity contribution in [1.82, 2.24) is 29.5 Å². The van der Waals surface area contributed by atoms with Crippen LogP contribution in [-0.4, -0.2) is 88.8 Å². The lowest BCUT2D eigenvalue weighted by Gasteiger charge is -2.35. The van der Waals surface area contributed by atoms with E-state index < -0.39 is 0 Å². The molecule has 0 bridgehead atoms. The maximum atomic E-state index is 13.2. The fraction of sp³-hybridized carbons (Fsp3) is 0.304. The van der Waals surface area contributed by atoms with Crippen LogP contribution in [0, 0.1) is 0 Å². The molecule has 4 rings (SSSR count). The van der Waals surface area contributed by atoms with Gasteiger partial charge in [-0.05, 0) is 24.3 Å². The molecule has 0 saturated carbocycles. The molecule has 1 aliphatic rings. The zero-order valence-corrected chi connectivity index (χ0v) is 18.4. The van der Waals surface area contributed by atoms with Crippen LogP contribution in [0.5, 0.6) is 5.75 Å². The fourth-order valence-corrected chi connectivity index (χ4v) is 3.63. The SMILES string of the molecule is COc1cccc(-c2nc(C(=O)N3CCN(C(=O)N(C)C)CC3)nn2-c2ccccc2)c1. The molecular weight excluding hydrogens is 408 g/mol. The van der Waals surface area contributed by atoms with Crippen molar-refractivity contribution in [3.8, 4) is 22.8 Å². The van der Waals surface area contributed by atoms with Crippen LogP contribution < -0.4 is 4.74 Å². The fourth-order valence-electron chi connectivity index (χ4n) is 3.63. The molecule has 0 spiro atoms. The number of aromatic nitrogens is 3. The van der Waals surface area contributed by atoms with Crippen LogP contribution in [0.4, 0.5) is 4.79 Å². The van der Waals surface area contributed by atoms with Gasteiger partial charge in [-0.2, -0.15) is 0 Å². The molecule has 1 saturated heterocycles. The van der Waals surface area contributed by atoms with Gasteiger partial charge in [0.15, 0.2) is 5.82 Å². The highest BCUT2D eigenvalue weighted by atomic mass is 16.5. The summed E-state index contributed by atoms with van der Waals surface area (Å²) in [7, 11) is 5.05. The second kappa shape index (κ2) is 9.09. The minimum absolute atomic E-state index is 0.0520. The van der Waals surface area contributed by atoms with Crippen molar-refractivity contribution in [3.05, 3.63) is 60.4 Å². The van der Waals surface area contributed by atoms with Crippen LogP contribution >= 0.6 is 0 Å². The highest BCUT2D eigenvalue weighted by Crippen LogP contribution is 2.25. The van der Waals surface area contributed by atoms with Gasteiger partial charge in [-0.15, -0.1) is 5.10 Å². The molecule has 0 N–H and O–H groups in total. The Kier molecular flexibility index (Phi) is 6.07. The Morgan fingerprint density at radius 3 is 2.28 bits per heavy atom. The number of nitrogens with zero attached hydrogens (tertiary/aromatic N) is 6. The van der Waals surface area contributed by atoms with Gasteiger partial charge >= 0.3 is 6.03 Å². The lowest BCUT2D eigenvalue weighted by Crippen LogP contribution is -2.53. The molecule has 3 amide bonds. The number of piperazine rings is 1. The van der Waals surface area contributed by atoms with Gasteiger partial charge in [-0.1, -0.05) is 30.3 Å². The number of ether oxygens (including phenoxy) is 1. The smallest absolute Gasteiger partial charge is 0.319 e. The van der Waals surface area contributed by atoms with Crippen molar-refractivity contribution in [2.24, 2.45) is 0 Å². The normalized spacial score (nSPS) is 13.7. The van der Waals surface area contributed by atoms with E-state index >= 15 is 0 Å². The van der Waals surface area contributed by atoms with E-state index in [1.165, 1.54) is 0 Å². The summed E-state index contributed by atoms with van der Waals surface area (Å²) in [6.07, 6.45) is 0. The third-order valence-corrected chi connectivity index (χ3v) is 5.35. The molecule has 9 nitrogen and oxygen atoms in total. The quantitative estimate of drug-likeness (QED) is 0.630. The van der Waals surface area contributed by atoms with Crippen LogP contribution in [0.15, 0.2) is 54.6 Å². The van der Waals surface area contributed by atoms with Crippen molar-refractivity contribution in [1.29, 1.82) is 0 Å². The Hall–Kier alpha value is -3.88.